The minimum absolute atomic E-state index is 0.583. The quantitative estimate of drug-likeness (QED) is 0.774. The van der Waals surface area contributed by atoms with Gasteiger partial charge in [-0.1, -0.05) is 18.2 Å². The largest absolute Gasteiger partial charge is 0.384 e. The summed E-state index contributed by atoms with van der Waals surface area (Å²) in [6.45, 7) is 7.23. The molecule has 0 saturated carbocycles. The van der Waals surface area contributed by atoms with E-state index in [1.165, 1.54) is 29.5 Å². The van der Waals surface area contributed by atoms with Crippen molar-refractivity contribution in [2.45, 2.75) is 26.7 Å². The van der Waals surface area contributed by atoms with Gasteiger partial charge in [-0.3, -0.25) is 4.98 Å². The highest BCUT2D eigenvalue weighted by molar-refractivity contribution is 5.93. The summed E-state index contributed by atoms with van der Waals surface area (Å²) in [7, 11) is 0. The Morgan fingerprint density at radius 1 is 1.12 bits per heavy atom. The van der Waals surface area contributed by atoms with E-state index in [9.17, 15) is 0 Å². The zero-order valence-electron chi connectivity index (χ0n) is 15.4. The lowest BCUT2D eigenvalue weighted by molar-refractivity contribution is 0.428. The first kappa shape index (κ1) is 16.8. The molecule has 26 heavy (non-hydrogen) atoms. The van der Waals surface area contributed by atoms with Crippen LogP contribution in [0.3, 0.4) is 0 Å². The molecule has 3 aromatic rings. The number of rotatable bonds is 4. The van der Waals surface area contributed by atoms with E-state index in [0.29, 0.717) is 5.92 Å². The maximum Gasteiger partial charge on any atom is 0.225 e. The highest BCUT2D eigenvalue weighted by atomic mass is 15.3. The van der Waals surface area contributed by atoms with Crippen LogP contribution in [0.15, 0.2) is 42.7 Å². The predicted octanol–water partition coefficient (Wildman–Crippen LogP) is 3.97. The minimum Gasteiger partial charge on any atom is -0.384 e. The molecule has 1 unspecified atom stereocenters. The number of nitrogens with zero attached hydrogens (tertiary/aromatic N) is 4. The third-order valence-corrected chi connectivity index (χ3v) is 5.30. The number of anilines is 2. The molecule has 5 nitrogen and oxygen atoms in total. The van der Waals surface area contributed by atoms with Crippen molar-refractivity contribution in [3.05, 3.63) is 54.0 Å². The van der Waals surface area contributed by atoms with Crippen molar-refractivity contribution in [3.63, 3.8) is 0 Å². The Labute approximate surface area is 154 Å². The molecule has 3 heterocycles. The lowest BCUT2D eigenvalue weighted by Gasteiger charge is -2.33. The van der Waals surface area contributed by atoms with E-state index in [-0.39, 0.29) is 0 Å². The standard InChI is InChI=1S/C21H25N5/c1-15-16(2)25-19-9-4-3-8-18(19)20(15)24-13-17-7-5-12-26(14-17)21-22-10-6-11-23-21/h3-4,6,8-11,17H,5,7,12-14H2,1-2H3,(H,24,25). The number of aromatic nitrogens is 3. The van der Waals surface area contributed by atoms with E-state index in [4.69, 9.17) is 4.98 Å². The minimum atomic E-state index is 0.583. The average Bonchev–Trinajstić information content (AvgIpc) is 2.69. The van der Waals surface area contributed by atoms with Gasteiger partial charge < -0.3 is 10.2 Å². The van der Waals surface area contributed by atoms with Crippen molar-refractivity contribution in [2.75, 3.05) is 29.9 Å². The Bertz CT molecular complexity index is 894. The maximum atomic E-state index is 4.72. The van der Waals surface area contributed by atoms with Crippen molar-refractivity contribution in [1.82, 2.24) is 15.0 Å². The van der Waals surface area contributed by atoms with E-state index < -0.39 is 0 Å². The van der Waals surface area contributed by atoms with E-state index in [0.717, 1.165) is 36.8 Å². The molecular formula is C21H25N5. The van der Waals surface area contributed by atoms with Crippen molar-refractivity contribution < 1.29 is 0 Å². The zero-order valence-corrected chi connectivity index (χ0v) is 15.4. The number of fused-ring (bicyclic) bond motifs is 1. The van der Waals surface area contributed by atoms with Gasteiger partial charge in [0, 0.05) is 48.8 Å². The Morgan fingerprint density at radius 2 is 1.92 bits per heavy atom. The monoisotopic (exact) mass is 347 g/mol. The highest BCUT2D eigenvalue weighted by Gasteiger charge is 2.22. The lowest BCUT2D eigenvalue weighted by Crippen LogP contribution is -2.39. The molecule has 1 atom stereocenters. The van der Waals surface area contributed by atoms with E-state index in [1.54, 1.807) is 0 Å². The number of para-hydroxylation sites is 1. The maximum absolute atomic E-state index is 4.72. The molecule has 0 spiro atoms. The second-order valence-corrected chi connectivity index (χ2v) is 7.10. The van der Waals surface area contributed by atoms with Crippen molar-refractivity contribution in [3.8, 4) is 0 Å². The van der Waals surface area contributed by atoms with Crippen LogP contribution < -0.4 is 10.2 Å². The van der Waals surface area contributed by atoms with Crippen LogP contribution in [0.1, 0.15) is 24.1 Å². The molecule has 5 heteroatoms. The van der Waals surface area contributed by atoms with E-state index in [2.05, 4.69) is 52.2 Å². The molecule has 1 saturated heterocycles. The number of benzene rings is 1. The van der Waals surface area contributed by atoms with Crippen LogP contribution in [0.5, 0.6) is 0 Å². The van der Waals surface area contributed by atoms with Gasteiger partial charge in [0.1, 0.15) is 0 Å². The third-order valence-electron chi connectivity index (χ3n) is 5.30. The van der Waals surface area contributed by atoms with Crippen LogP contribution in [0, 0.1) is 19.8 Å². The average molecular weight is 347 g/mol. The fourth-order valence-corrected chi connectivity index (χ4v) is 3.77. The number of nitrogens with one attached hydrogen (secondary N) is 1. The predicted molar refractivity (Wildman–Crippen MR) is 107 cm³/mol. The molecule has 0 bridgehead atoms. The molecule has 0 amide bonds. The van der Waals surface area contributed by atoms with Gasteiger partial charge in [0.05, 0.1) is 5.52 Å². The Balaban J connectivity index is 1.51. The summed E-state index contributed by atoms with van der Waals surface area (Å²) in [6, 6.07) is 10.2. The Morgan fingerprint density at radius 3 is 2.77 bits per heavy atom. The van der Waals surface area contributed by atoms with Crippen molar-refractivity contribution in [1.29, 1.82) is 0 Å². The molecule has 1 aliphatic heterocycles. The zero-order chi connectivity index (χ0) is 17.9. The first-order valence-corrected chi connectivity index (χ1v) is 9.34. The van der Waals surface area contributed by atoms with Gasteiger partial charge in [0.25, 0.3) is 0 Å². The van der Waals surface area contributed by atoms with Gasteiger partial charge >= 0.3 is 0 Å². The van der Waals surface area contributed by atoms with Crippen LogP contribution in [0.25, 0.3) is 10.9 Å². The van der Waals surface area contributed by atoms with Gasteiger partial charge in [-0.15, -0.1) is 0 Å². The van der Waals surface area contributed by atoms with Gasteiger partial charge in [0.15, 0.2) is 0 Å². The summed E-state index contributed by atoms with van der Waals surface area (Å²) in [5.41, 5.74) is 4.61. The van der Waals surface area contributed by atoms with Crippen molar-refractivity contribution >= 4 is 22.5 Å². The summed E-state index contributed by atoms with van der Waals surface area (Å²) < 4.78 is 0. The summed E-state index contributed by atoms with van der Waals surface area (Å²) in [5, 5.41) is 4.93. The van der Waals surface area contributed by atoms with Crippen LogP contribution in [0.4, 0.5) is 11.6 Å². The van der Waals surface area contributed by atoms with Gasteiger partial charge in [-0.05, 0) is 50.3 Å². The molecule has 134 valence electrons. The molecule has 2 aromatic heterocycles. The fourth-order valence-electron chi connectivity index (χ4n) is 3.77. The van der Waals surface area contributed by atoms with Gasteiger partial charge in [-0.2, -0.15) is 0 Å². The molecule has 0 radical (unpaired) electrons. The third kappa shape index (κ3) is 3.34. The Hall–Kier alpha value is -2.69. The second-order valence-electron chi connectivity index (χ2n) is 7.10. The van der Waals surface area contributed by atoms with Crippen LogP contribution in [0.2, 0.25) is 0 Å². The molecule has 0 aliphatic carbocycles. The second kappa shape index (κ2) is 7.28. The number of aryl methyl sites for hydroxylation is 1. The van der Waals surface area contributed by atoms with E-state index in [1.807, 2.05) is 24.5 Å². The molecular weight excluding hydrogens is 322 g/mol. The first-order valence-electron chi connectivity index (χ1n) is 9.34. The van der Waals surface area contributed by atoms with E-state index >= 15 is 0 Å². The summed E-state index contributed by atoms with van der Waals surface area (Å²) >= 11 is 0. The van der Waals surface area contributed by atoms with Crippen molar-refractivity contribution in [2.24, 2.45) is 5.92 Å². The lowest BCUT2D eigenvalue weighted by atomic mass is 9.97. The molecule has 4 rings (SSSR count). The highest BCUT2D eigenvalue weighted by Crippen LogP contribution is 2.29. The van der Waals surface area contributed by atoms with Gasteiger partial charge in [0.2, 0.25) is 5.95 Å². The Kier molecular flexibility index (Phi) is 4.69. The van der Waals surface area contributed by atoms with Crippen LogP contribution in [-0.4, -0.2) is 34.6 Å². The molecule has 1 fully saturated rings. The topological polar surface area (TPSA) is 53.9 Å². The van der Waals surface area contributed by atoms with Crippen LogP contribution >= 0.6 is 0 Å². The smallest absolute Gasteiger partial charge is 0.225 e. The number of hydrogen-bond acceptors (Lipinski definition) is 5. The normalized spacial score (nSPS) is 17.5. The summed E-state index contributed by atoms with van der Waals surface area (Å²) in [6.07, 6.45) is 6.05. The van der Waals surface area contributed by atoms with Gasteiger partial charge in [-0.25, -0.2) is 9.97 Å². The number of hydrogen-bond donors (Lipinski definition) is 1. The SMILES string of the molecule is Cc1nc2ccccc2c(NCC2CCCN(c3ncccn3)C2)c1C. The number of piperidine rings is 1. The van der Waals surface area contributed by atoms with Crippen LogP contribution in [-0.2, 0) is 0 Å². The summed E-state index contributed by atoms with van der Waals surface area (Å²) in [5.74, 6) is 1.43. The molecule has 1 aromatic carbocycles. The fraction of sp³-hybridized carbons (Fsp3) is 0.381. The molecule has 1 N–H and O–H groups in total. The summed E-state index contributed by atoms with van der Waals surface area (Å²) in [4.78, 5) is 15.8. The number of pyridine rings is 1. The molecule has 1 aliphatic rings. The first-order chi connectivity index (χ1) is 12.7.